The Morgan fingerprint density at radius 1 is 1.47 bits per heavy atom. The van der Waals surface area contributed by atoms with E-state index < -0.39 is 0 Å². The van der Waals surface area contributed by atoms with Crippen molar-refractivity contribution in [3.05, 3.63) is 17.5 Å². The minimum atomic E-state index is 0.330. The second-order valence-corrected chi connectivity index (χ2v) is 5.36. The summed E-state index contributed by atoms with van der Waals surface area (Å²) in [4.78, 5) is 14.2. The summed E-state index contributed by atoms with van der Waals surface area (Å²) in [6.07, 6.45) is 6.37. The molecule has 2 heterocycles. The molecule has 1 aromatic rings. The number of hydrogen-bond donors (Lipinski definition) is 1. The number of amides is 1. The van der Waals surface area contributed by atoms with E-state index in [1.54, 1.807) is 0 Å². The molecule has 17 heavy (non-hydrogen) atoms. The summed E-state index contributed by atoms with van der Waals surface area (Å²) < 4.78 is 0. The summed E-state index contributed by atoms with van der Waals surface area (Å²) >= 11 is 0. The second-order valence-electron chi connectivity index (χ2n) is 5.36. The van der Waals surface area contributed by atoms with Gasteiger partial charge in [-0.3, -0.25) is 9.89 Å². The third-order valence-electron chi connectivity index (χ3n) is 4.23. The van der Waals surface area contributed by atoms with Crippen molar-refractivity contribution >= 4 is 5.91 Å². The van der Waals surface area contributed by atoms with E-state index >= 15 is 0 Å². The van der Waals surface area contributed by atoms with Gasteiger partial charge >= 0.3 is 0 Å². The van der Waals surface area contributed by atoms with Gasteiger partial charge in [0.05, 0.1) is 6.20 Å². The van der Waals surface area contributed by atoms with E-state index in [4.69, 9.17) is 0 Å². The number of carbonyl (C=O) groups is 1. The Bertz CT molecular complexity index is 422. The number of carbonyl (C=O) groups excluding carboxylic acids is 1. The quantitative estimate of drug-likeness (QED) is 0.847. The monoisotopic (exact) mass is 233 g/mol. The first-order valence-corrected chi connectivity index (χ1v) is 6.54. The predicted octanol–water partition coefficient (Wildman–Crippen LogP) is 1.83. The van der Waals surface area contributed by atoms with Crippen LogP contribution in [-0.2, 0) is 4.79 Å². The molecule has 2 aliphatic rings. The van der Waals surface area contributed by atoms with Crippen LogP contribution in [0.4, 0.5) is 0 Å². The smallest absolute Gasteiger partial charge is 0.225 e. The van der Waals surface area contributed by atoms with Crippen LogP contribution in [0.15, 0.2) is 6.20 Å². The van der Waals surface area contributed by atoms with Gasteiger partial charge in [0.15, 0.2) is 0 Å². The number of aryl methyl sites for hydroxylation is 1. The molecule has 1 aliphatic heterocycles. The van der Waals surface area contributed by atoms with Crippen molar-refractivity contribution in [3.63, 3.8) is 0 Å². The largest absolute Gasteiger partial charge is 0.342 e. The maximum atomic E-state index is 12.1. The number of rotatable bonds is 2. The van der Waals surface area contributed by atoms with E-state index in [9.17, 15) is 4.79 Å². The van der Waals surface area contributed by atoms with E-state index in [0.717, 1.165) is 32.4 Å². The molecule has 1 saturated carbocycles. The Balaban J connectivity index is 1.65. The van der Waals surface area contributed by atoms with Crippen molar-refractivity contribution in [1.29, 1.82) is 0 Å². The number of hydrogen-bond acceptors (Lipinski definition) is 2. The van der Waals surface area contributed by atoms with Gasteiger partial charge in [-0.25, -0.2) is 0 Å². The van der Waals surface area contributed by atoms with Crippen molar-refractivity contribution in [1.82, 2.24) is 15.1 Å². The zero-order valence-electron chi connectivity index (χ0n) is 10.3. The summed E-state index contributed by atoms with van der Waals surface area (Å²) in [5.41, 5.74) is 2.43. The maximum Gasteiger partial charge on any atom is 0.225 e. The lowest BCUT2D eigenvalue weighted by Gasteiger charge is -2.29. The molecule has 92 valence electrons. The van der Waals surface area contributed by atoms with Crippen molar-refractivity contribution in [2.75, 3.05) is 13.1 Å². The predicted molar refractivity (Wildman–Crippen MR) is 64.6 cm³/mol. The second kappa shape index (κ2) is 4.17. The molecule has 1 atom stereocenters. The average molecular weight is 233 g/mol. The number of aromatic amines is 1. The molecule has 1 N–H and O–H groups in total. The van der Waals surface area contributed by atoms with Crippen molar-refractivity contribution in [3.8, 4) is 0 Å². The van der Waals surface area contributed by atoms with Crippen molar-refractivity contribution in [2.24, 2.45) is 5.92 Å². The Morgan fingerprint density at radius 2 is 2.29 bits per heavy atom. The van der Waals surface area contributed by atoms with Gasteiger partial charge < -0.3 is 4.90 Å². The lowest BCUT2D eigenvalue weighted by atomic mass is 9.84. The van der Waals surface area contributed by atoms with Crippen LogP contribution in [0.5, 0.6) is 0 Å². The number of H-pyrrole nitrogens is 1. The highest BCUT2D eigenvalue weighted by Crippen LogP contribution is 2.33. The van der Waals surface area contributed by atoms with E-state index in [-0.39, 0.29) is 0 Å². The van der Waals surface area contributed by atoms with Crippen LogP contribution < -0.4 is 0 Å². The van der Waals surface area contributed by atoms with E-state index in [0.29, 0.717) is 17.7 Å². The Kier molecular flexibility index (Phi) is 2.65. The number of aromatic nitrogens is 2. The third kappa shape index (κ3) is 1.85. The van der Waals surface area contributed by atoms with Crippen molar-refractivity contribution in [2.45, 2.75) is 38.5 Å². The van der Waals surface area contributed by atoms with Crippen LogP contribution in [0.1, 0.15) is 42.9 Å². The van der Waals surface area contributed by atoms with E-state index in [1.807, 2.05) is 6.20 Å². The zero-order chi connectivity index (χ0) is 11.8. The molecular formula is C13H19N3O. The van der Waals surface area contributed by atoms with Gasteiger partial charge in [0.25, 0.3) is 0 Å². The van der Waals surface area contributed by atoms with Crippen LogP contribution in [-0.4, -0.2) is 34.1 Å². The first-order chi connectivity index (χ1) is 8.25. The van der Waals surface area contributed by atoms with Gasteiger partial charge in [-0.1, -0.05) is 6.42 Å². The Labute approximate surface area is 101 Å². The van der Waals surface area contributed by atoms with Gasteiger partial charge in [-0.15, -0.1) is 0 Å². The van der Waals surface area contributed by atoms with Gasteiger partial charge in [0.2, 0.25) is 5.91 Å². The summed E-state index contributed by atoms with van der Waals surface area (Å²) in [6.45, 7) is 3.87. The summed E-state index contributed by atoms with van der Waals surface area (Å²) in [5, 5.41) is 7.15. The molecule has 0 spiro atoms. The minimum Gasteiger partial charge on any atom is -0.342 e. The van der Waals surface area contributed by atoms with E-state index in [1.165, 1.54) is 17.7 Å². The molecule has 1 aliphatic carbocycles. The van der Waals surface area contributed by atoms with Crippen molar-refractivity contribution < 1.29 is 4.79 Å². The summed E-state index contributed by atoms with van der Waals surface area (Å²) in [7, 11) is 0. The van der Waals surface area contributed by atoms with E-state index in [2.05, 4.69) is 22.0 Å². The number of likely N-dealkylation sites (tertiary alicyclic amines) is 1. The van der Waals surface area contributed by atoms with Gasteiger partial charge in [-0.2, -0.15) is 5.10 Å². The lowest BCUT2D eigenvalue weighted by molar-refractivity contribution is -0.137. The minimum absolute atomic E-state index is 0.330. The molecule has 4 nitrogen and oxygen atoms in total. The molecule has 1 unspecified atom stereocenters. The molecule has 0 radical (unpaired) electrons. The summed E-state index contributed by atoms with van der Waals surface area (Å²) in [6, 6.07) is 0. The first-order valence-electron chi connectivity index (χ1n) is 6.54. The highest BCUT2D eigenvalue weighted by atomic mass is 16.2. The van der Waals surface area contributed by atoms with Crippen LogP contribution in [0.25, 0.3) is 0 Å². The normalized spacial score (nSPS) is 25.0. The lowest BCUT2D eigenvalue weighted by Crippen LogP contribution is -2.37. The average Bonchev–Trinajstić information content (AvgIpc) is 2.82. The SMILES string of the molecule is Cc1cn[nH]c1C1CCN(C(=O)C2CCC2)C1. The number of nitrogens with one attached hydrogen (secondary N) is 1. The fraction of sp³-hybridized carbons (Fsp3) is 0.692. The molecule has 1 amide bonds. The molecule has 1 aromatic heterocycles. The fourth-order valence-corrected chi connectivity index (χ4v) is 2.88. The molecule has 0 bridgehead atoms. The Morgan fingerprint density at radius 3 is 2.88 bits per heavy atom. The molecule has 3 rings (SSSR count). The number of nitrogens with zero attached hydrogens (tertiary/aromatic N) is 2. The first kappa shape index (κ1) is 10.8. The molecule has 4 heteroatoms. The van der Waals surface area contributed by atoms with Gasteiger partial charge in [0.1, 0.15) is 0 Å². The van der Waals surface area contributed by atoms with Gasteiger partial charge in [0, 0.05) is 30.6 Å². The standard InChI is InChI=1S/C13H19N3O/c1-9-7-14-15-12(9)11-5-6-16(8-11)13(17)10-3-2-4-10/h7,10-11H,2-6,8H2,1H3,(H,14,15). The topological polar surface area (TPSA) is 49.0 Å². The highest BCUT2D eigenvalue weighted by Gasteiger charge is 2.34. The molecule has 2 fully saturated rings. The maximum absolute atomic E-state index is 12.1. The summed E-state index contributed by atoms with van der Waals surface area (Å²) in [5.74, 6) is 1.18. The zero-order valence-corrected chi connectivity index (χ0v) is 10.3. The molecular weight excluding hydrogens is 214 g/mol. The highest BCUT2D eigenvalue weighted by molar-refractivity contribution is 5.80. The van der Waals surface area contributed by atoms with Crippen LogP contribution in [0.2, 0.25) is 0 Å². The Hall–Kier alpha value is -1.32. The van der Waals surface area contributed by atoms with Gasteiger partial charge in [-0.05, 0) is 31.7 Å². The molecule has 1 saturated heterocycles. The van der Waals surface area contributed by atoms with Crippen LogP contribution >= 0.6 is 0 Å². The molecule has 0 aromatic carbocycles. The van der Waals surface area contributed by atoms with Crippen LogP contribution in [0.3, 0.4) is 0 Å². The van der Waals surface area contributed by atoms with Crippen LogP contribution in [0, 0.1) is 12.8 Å². The third-order valence-corrected chi connectivity index (χ3v) is 4.23. The fourth-order valence-electron chi connectivity index (χ4n) is 2.88.